The Kier molecular flexibility index (Phi) is 6.77. The summed E-state index contributed by atoms with van der Waals surface area (Å²) in [6.45, 7) is 22.5. The third kappa shape index (κ3) is 4.47. The van der Waals surface area contributed by atoms with Crippen LogP contribution in [0, 0.1) is 0 Å². The average molecular weight is 395 g/mol. The third-order valence-corrected chi connectivity index (χ3v) is 6.42. The quantitative estimate of drug-likeness (QED) is 0.494. The molecule has 2 aromatic rings. The molecule has 0 unspecified atom stereocenters. The molecular weight excluding hydrogens is 352 g/mol. The normalized spacial score (nSPS) is 12.6. The van der Waals surface area contributed by atoms with Crippen molar-refractivity contribution in [3.05, 3.63) is 57.6 Å². The summed E-state index contributed by atoms with van der Waals surface area (Å²) in [6.07, 6.45) is 0. The molecule has 0 radical (unpaired) electrons. The van der Waals surface area contributed by atoms with E-state index in [4.69, 9.17) is 11.5 Å². The van der Waals surface area contributed by atoms with E-state index < -0.39 is 0 Å². The van der Waals surface area contributed by atoms with Crippen molar-refractivity contribution in [1.82, 2.24) is 0 Å². The smallest absolute Gasteiger partial charge is 0.0384 e. The molecule has 29 heavy (non-hydrogen) atoms. The Morgan fingerprint density at radius 3 is 0.897 bits per heavy atom. The van der Waals surface area contributed by atoms with Gasteiger partial charge < -0.3 is 11.5 Å². The molecule has 0 bridgehead atoms. The number of benzene rings is 2. The van der Waals surface area contributed by atoms with Crippen LogP contribution < -0.4 is 11.5 Å². The Morgan fingerprint density at radius 1 is 0.517 bits per heavy atom. The topological polar surface area (TPSA) is 52.0 Å². The number of hydrogen-bond donors (Lipinski definition) is 2. The van der Waals surface area contributed by atoms with Gasteiger partial charge in [-0.05, 0) is 57.1 Å². The molecule has 0 heterocycles. The maximum Gasteiger partial charge on any atom is 0.0384 e. The van der Waals surface area contributed by atoms with E-state index in [2.05, 4.69) is 93.5 Å². The van der Waals surface area contributed by atoms with Crippen LogP contribution in [0.1, 0.15) is 126 Å². The predicted octanol–water partition coefficient (Wildman–Crippen LogP) is 7.67. The first-order chi connectivity index (χ1) is 13.3. The van der Waals surface area contributed by atoms with Crippen molar-refractivity contribution in [2.24, 2.45) is 0 Å². The van der Waals surface area contributed by atoms with Gasteiger partial charge in [0.05, 0.1) is 0 Å². The monoisotopic (exact) mass is 394 g/mol. The summed E-state index contributed by atoms with van der Waals surface area (Å²) in [6, 6.07) is 9.30. The number of nitrogen functional groups attached to an aromatic ring is 2. The molecule has 0 aliphatic heterocycles. The first kappa shape index (κ1) is 23.3. The van der Waals surface area contributed by atoms with E-state index >= 15 is 0 Å². The lowest BCUT2D eigenvalue weighted by Gasteiger charge is -2.31. The zero-order valence-corrected chi connectivity index (χ0v) is 20.3. The highest BCUT2D eigenvalue weighted by Gasteiger charge is 2.28. The van der Waals surface area contributed by atoms with Crippen LogP contribution in [0.2, 0.25) is 0 Å². The lowest BCUT2D eigenvalue weighted by atomic mass is 9.73. The molecule has 2 nitrogen and oxygen atoms in total. The van der Waals surface area contributed by atoms with Gasteiger partial charge in [0.2, 0.25) is 0 Å². The molecule has 0 amide bonds. The Labute approximate surface area is 179 Å². The SMILES string of the molecule is CC(C)c1cc(C(C)(C)c2cc(C(C)C)c(N)c(C(C)C)c2)cc(C(C)C)c1N. The van der Waals surface area contributed by atoms with Crippen LogP contribution in [0.25, 0.3) is 0 Å². The standard InChI is InChI=1S/C27H42N2/c1-15(2)21-11-19(12-22(16(3)4)25(21)28)27(9,10)20-13-23(17(5)6)26(29)24(14-20)18(7)8/h11-18H,28-29H2,1-10H3. The van der Waals surface area contributed by atoms with E-state index in [0.29, 0.717) is 23.7 Å². The summed E-state index contributed by atoms with van der Waals surface area (Å²) in [5.74, 6) is 1.58. The summed E-state index contributed by atoms with van der Waals surface area (Å²) in [4.78, 5) is 0. The van der Waals surface area contributed by atoms with Crippen molar-refractivity contribution in [1.29, 1.82) is 0 Å². The molecule has 2 heteroatoms. The Bertz CT molecular complexity index is 741. The van der Waals surface area contributed by atoms with Crippen molar-refractivity contribution in [3.8, 4) is 0 Å². The zero-order chi connectivity index (χ0) is 22.3. The third-order valence-electron chi connectivity index (χ3n) is 6.42. The van der Waals surface area contributed by atoms with E-state index in [-0.39, 0.29) is 5.41 Å². The highest BCUT2D eigenvalue weighted by Crippen LogP contribution is 2.41. The van der Waals surface area contributed by atoms with Crippen molar-refractivity contribution in [3.63, 3.8) is 0 Å². The highest BCUT2D eigenvalue weighted by molar-refractivity contribution is 5.63. The van der Waals surface area contributed by atoms with Crippen molar-refractivity contribution in [2.45, 2.75) is 98.3 Å². The predicted molar refractivity (Wildman–Crippen MR) is 130 cm³/mol. The fraction of sp³-hybridized carbons (Fsp3) is 0.556. The maximum atomic E-state index is 6.57. The van der Waals surface area contributed by atoms with Crippen molar-refractivity contribution in [2.75, 3.05) is 11.5 Å². The summed E-state index contributed by atoms with van der Waals surface area (Å²) in [5.41, 5.74) is 22.6. The Morgan fingerprint density at radius 2 is 0.724 bits per heavy atom. The van der Waals surface area contributed by atoms with Gasteiger partial charge in [0.15, 0.2) is 0 Å². The van der Waals surface area contributed by atoms with Gasteiger partial charge in [-0.3, -0.25) is 0 Å². The van der Waals surface area contributed by atoms with Crippen molar-refractivity contribution < 1.29 is 0 Å². The number of rotatable bonds is 6. The lowest BCUT2D eigenvalue weighted by Crippen LogP contribution is -2.22. The van der Waals surface area contributed by atoms with Crippen LogP contribution in [0.15, 0.2) is 24.3 Å². The van der Waals surface area contributed by atoms with Crippen LogP contribution in [-0.2, 0) is 5.41 Å². The average Bonchev–Trinajstić information content (AvgIpc) is 2.60. The number of anilines is 2. The molecular formula is C27H42N2. The second kappa shape index (κ2) is 8.42. The fourth-order valence-corrected chi connectivity index (χ4v) is 4.20. The number of nitrogens with two attached hydrogens (primary N) is 2. The maximum absolute atomic E-state index is 6.57. The van der Waals surface area contributed by atoms with Gasteiger partial charge in [-0.1, -0.05) is 93.5 Å². The van der Waals surface area contributed by atoms with E-state index in [9.17, 15) is 0 Å². The molecule has 2 aromatic carbocycles. The molecule has 0 fully saturated rings. The fourth-order valence-electron chi connectivity index (χ4n) is 4.20. The first-order valence-corrected chi connectivity index (χ1v) is 11.2. The minimum Gasteiger partial charge on any atom is -0.398 e. The molecule has 0 saturated carbocycles. The highest BCUT2D eigenvalue weighted by atomic mass is 14.6. The van der Waals surface area contributed by atoms with Gasteiger partial charge in [0.25, 0.3) is 0 Å². The van der Waals surface area contributed by atoms with Crippen LogP contribution in [0.4, 0.5) is 11.4 Å². The zero-order valence-electron chi connectivity index (χ0n) is 20.3. The molecule has 0 atom stereocenters. The Balaban J connectivity index is 2.79. The van der Waals surface area contributed by atoms with E-state index in [1.165, 1.54) is 33.4 Å². The molecule has 4 N–H and O–H groups in total. The molecule has 0 aromatic heterocycles. The van der Waals surface area contributed by atoms with Gasteiger partial charge in [-0.2, -0.15) is 0 Å². The van der Waals surface area contributed by atoms with Crippen LogP contribution in [0.3, 0.4) is 0 Å². The van der Waals surface area contributed by atoms with E-state index in [1.54, 1.807) is 0 Å². The molecule has 0 aliphatic carbocycles. The second-order valence-electron chi connectivity index (χ2n) is 10.4. The lowest BCUT2D eigenvalue weighted by molar-refractivity contribution is 0.631. The molecule has 0 aliphatic rings. The Hall–Kier alpha value is -1.96. The van der Waals surface area contributed by atoms with Crippen LogP contribution >= 0.6 is 0 Å². The first-order valence-electron chi connectivity index (χ1n) is 11.2. The summed E-state index contributed by atoms with van der Waals surface area (Å²) >= 11 is 0. The minimum atomic E-state index is -0.137. The molecule has 2 rings (SSSR count). The van der Waals surface area contributed by atoms with Gasteiger partial charge >= 0.3 is 0 Å². The molecule has 160 valence electrons. The van der Waals surface area contributed by atoms with Gasteiger partial charge in [-0.25, -0.2) is 0 Å². The molecule has 0 saturated heterocycles. The van der Waals surface area contributed by atoms with Gasteiger partial charge in [-0.15, -0.1) is 0 Å². The van der Waals surface area contributed by atoms with E-state index in [1.807, 2.05) is 0 Å². The van der Waals surface area contributed by atoms with Crippen LogP contribution in [0.5, 0.6) is 0 Å². The van der Waals surface area contributed by atoms with E-state index in [0.717, 1.165) is 11.4 Å². The molecule has 0 spiro atoms. The van der Waals surface area contributed by atoms with Crippen molar-refractivity contribution >= 4 is 11.4 Å². The number of hydrogen-bond acceptors (Lipinski definition) is 2. The van der Waals surface area contributed by atoms with Crippen LogP contribution in [-0.4, -0.2) is 0 Å². The minimum absolute atomic E-state index is 0.137. The largest absolute Gasteiger partial charge is 0.398 e. The summed E-state index contributed by atoms with van der Waals surface area (Å²) in [7, 11) is 0. The summed E-state index contributed by atoms with van der Waals surface area (Å²) in [5, 5.41) is 0. The second-order valence-corrected chi connectivity index (χ2v) is 10.4. The summed E-state index contributed by atoms with van der Waals surface area (Å²) < 4.78 is 0. The van der Waals surface area contributed by atoms with Gasteiger partial charge in [0.1, 0.15) is 0 Å². The van der Waals surface area contributed by atoms with Gasteiger partial charge in [0, 0.05) is 16.8 Å².